The fraction of sp³-hybridized carbons (Fsp3) is 0.647. The largest absolute Gasteiger partial charge is 0.382 e. The number of benzene rings is 1. The van der Waals surface area contributed by atoms with Crippen LogP contribution in [0, 0.1) is 12.8 Å². The zero-order valence-corrected chi connectivity index (χ0v) is 12.1. The third-order valence-corrected chi connectivity index (χ3v) is 4.51. The molecule has 0 aliphatic heterocycles. The van der Waals surface area contributed by atoms with Crippen molar-refractivity contribution in [3.8, 4) is 0 Å². The van der Waals surface area contributed by atoms with E-state index in [-0.39, 0.29) is 0 Å². The maximum Gasteiger partial charge on any atom is 0.0345 e. The van der Waals surface area contributed by atoms with Crippen molar-refractivity contribution in [3.05, 3.63) is 29.3 Å². The van der Waals surface area contributed by atoms with Gasteiger partial charge in [-0.25, -0.2) is 0 Å². The molecule has 1 aromatic carbocycles. The minimum Gasteiger partial charge on any atom is -0.382 e. The van der Waals surface area contributed by atoms with Crippen LogP contribution in [0.25, 0.3) is 0 Å². The zero-order chi connectivity index (χ0) is 13.0. The van der Waals surface area contributed by atoms with E-state index < -0.39 is 0 Å². The van der Waals surface area contributed by atoms with E-state index in [1.165, 1.54) is 48.9 Å². The molecule has 2 unspecified atom stereocenters. The van der Waals surface area contributed by atoms with Gasteiger partial charge < -0.3 is 5.32 Å². The minimum atomic E-state index is 0.690. The molecule has 1 aromatic rings. The third kappa shape index (κ3) is 3.07. The molecule has 2 atom stereocenters. The first-order valence-corrected chi connectivity index (χ1v) is 7.60. The molecule has 0 radical (unpaired) electrons. The van der Waals surface area contributed by atoms with Gasteiger partial charge in [-0.05, 0) is 55.4 Å². The summed E-state index contributed by atoms with van der Waals surface area (Å²) in [7, 11) is 0. The van der Waals surface area contributed by atoms with Gasteiger partial charge >= 0.3 is 0 Å². The van der Waals surface area contributed by atoms with Gasteiger partial charge in [0.15, 0.2) is 0 Å². The van der Waals surface area contributed by atoms with Gasteiger partial charge in [-0.2, -0.15) is 0 Å². The van der Waals surface area contributed by atoms with Crippen LogP contribution in [-0.2, 0) is 6.42 Å². The first kappa shape index (κ1) is 13.5. The van der Waals surface area contributed by atoms with E-state index in [1.54, 1.807) is 0 Å². The van der Waals surface area contributed by atoms with Crippen LogP contribution in [0.5, 0.6) is 0 Å². The van der Waals surface area contributed by atoms with Crippen LogP contribution in [0.15, 0.2) is 18.2 Å². The quantitative estimate of drug-likeness (QED) is 0.792. The van der Waals surface area contributed by atoms with Gasteiger partial charge in [0, 0.05) is 11.7 Å². The lowest BCUT2D eigenvalue weighted by Crippen LogP contribution is -2.31. The van der Waals surface area contributed by atoms with E-state index in [2.05, 4.69) is 44.3 Å². The number of aryl methyl sites for hydroxylation is 2. The van der Waals surface area contributed by atoms with Gasteiger partial charge in [0.05, 0.1) is 0 Å². The van der Waals surface area contributed by atoms with Crippen LogP contribution in [-0.4, -0.2) is 6.04 Å². The normalized spacial score (nSPS) is 23.9. The van der Waals surface area contributed by atoms with E-state index in [0.29, 0.717) is 6.04 Å². The molecule has 0 amide bonds. The summed E-state index contributed by atoms with van der Waals surface area (Å²) in [6.45, 7) is 6.78. The van der Waals surface area contributed by atoms with Crippen LogP contribution < -0.4 is 5.32 Å². The zero-order valence-electron chi connectivity index (χ0n) is 12.1. The standard InChI is InChI=1S/C17H27N/c1-4-14-10-11-16(12-13(14)3)18-17-9-7-6-8-15(17)5-2/h10-12,15,17-18H,4-9H2,1-3H3. The van der Waals surface area contributed by atoms with Gasteiger partial charge in [0.25, 0.3) is 0 Å². The van der Waals surface area contributed by atoms with Gasteiger partial charge in [-0.15, -0.1) is 0 Å². The molecular formula is C17H27N. The number of nitrogens with one attached hydrogen (secondary N) is 1. The Morgan fingerprint density at radius 2 is 1.94 bits per heavy atom. The molecule has 0 bridgehead atoms. The second kappa shape index (κ2) is 6.26. The highest BCUT2D eigenvalue weighted by molar-refractivity contribution is 5.49. The monoisotopic (exact) mass is 245 g/mol. The van der Waals surface area contributed by atoms with Crippen molar-refractivity contribution in [1.82, 2.24) is 0 Å². The van der Waals surface area contributed by atoms with Crippen LogP contribution in [0.1, 0.15) is 57.1 Å². The lowest BCUT2D eigenvalue weighted by atomic mass is 9.82. The molecule has 1 N–H and O–H groups in total. The third-order valence-electron chi connectivity index (χ3n) is 4.51. The number of hydrogen-bond donors (Lipinski definition) is 1. The van der Waals surface area contributed by atoms with Gasteiger partial charge in [-0.3, -0.25) is 0 Å². The molecule has 0 spiro atoms. The highest BCUT2D eigenvalue weighted by Gasteiger charge is 2.23. The maximum atomic E-state index is 3.77. The summed E-state index contributed by atoms with van der Waals surface area (Å²) >= 11 is 0. The Kier molecular flexibility index (Phi) is 4.68. The summed E-state index contributed by atoms with van der Waals surface area (Å²) in [6, 6.07) is 7.55. The van der Waals surface area contributed by atoms with Crippen molar-refractivity contribution in [2.75, 3.05) is 5.32 Å². The minimum absolute atomic E-state index is 0.690. The van der Waals surface area contributed by atoms with Crippen molar-refractivity contribution in [2.24, 2.45) is 5.92 Å². The first-order valence-electron chi connectivity index (χ1n) is 7.60. The predicted octanol–water partition coefficient (Wildman–Crippen LogP) is 4.94. The molecule has 1 nitrogen and oxygen atoms in total. The number of rotatable bonds is 4. The van der Waals surface area contributed by atoms with E-state index in [9.17, 15) is 0 Å². The summed E-state index contributed by atoms with van der Waals surface area (Å²) < 4.78 is 0. The maximum absolute atomic E-state index is 3.77. The molecule has 1 aliphatic carbocycles. The molecule has 0 saturated heterocycles. The average Bonchev–Trinajstić information content (AvgIpc) is 2.39. The highest BCUT2D eigenvalue weighted by Crippen LogP contribution is 2.29. The van der Waals surface area contributed by atoms with E-state index >= 15 is 0 Å². The van der Waals surface area contributed by atoms with Crippen molar-refractivity contribution in [3.63, 3.8) is 0 Å². The summed E-state index contributed by atoms with van der Waals surface area (Å²) in [5.74, 6) is 0.866. The average molecular weight is 245 g/mol. The molecular weight excluding hydrogens is 218 g/mol. The van der Waals surface area contributed by atoms with Crippen LogP contribution in [0.2, 0.25) is 0 Å². The summed E-state index contributed by atoms with van der Waals surface area (Å²) in [5.41, 5.74) is 4.21. The van der Waals surface area contributed by atoms with E-state index in [4.69, 9.17) is 0 Å². The second-order valence-electron chi connectivity index (χ2n) is 5.70. The summed E-state index contributed by atoms with van der Waals surface area (Å²) in [4.78, 5) is 0. The summed E-state index contributed by atoms with van der Waals surface area (Å²) in [6.07, 6.45) is 7.99. The number of anilines is 1. The van der Waals surface area contributed by atoms with Crippen LogP contribution in [0.4, 0.5) is 5.69 Å². The number of hydrogen-bond acceptors (Lipinski definition) is 1. The molecule has 0 heterocycles. The van der Waals surface area contributed by atoms with Crippen molar-refractivity contribution < 1.29 is 0 Å². The van der Waals surface area contributed by atoms with E-state index in [1.807, 2.05) is 0 Å². The molecule has 18 heavy (non-hydrogen) atoms. The molecule has 2 rings (SSSR count). The van der Waals surface area contributed by atoms with Crippen molar-refractivity contribution >= 4 is 5.69 Å². The fourth-order valence-corrected chi connectivity index (χ4v) is 3.28. The summed E-state index contributed by atoms with van der Waals surface area (Å²) in [5, 5.41) is 3.77. The fourth-order valence-electron chi connectivity index (χ4n) is 3.28. The Morgan fingerprint density at radius 1 is 1.17 bits per heavy atom. The smallest absolute Gasteiger partial charge is 0.0345 e. The van der Waals surface area contributed by atoms with Gasteiger partial charge in [0.1, 0.15) is 0 Å². The molecule has 100 valence electrons. The van der Waals surface area contributed by atoms with Crippen molar-refractivity contribution in [1.29, 1.82) is 0 Å². The Hall–Kier alpha value is -0.980. The predicted molar refractivity (Wildman–Crippen MR) is 80.2 cm³/mol. The highest BCUT2D eigenvalue weighted by atomic mass is 14.9. The lowest BCUT2D eigenvalue weighted by Gasteiger charge is -2.32. The SMILES string of the molecule is CCc1ccc(NC2CCCCC2CC)cc1C. The topological polar surface area (TPSA) is 12.0 Å². The molecule has 1 heteroatoms. The molecule has 1 fully saturated rings. The Bertz CT molecular complexity index is 383. The van der Waals surface area contributed by atoms with Crippen LogP contribution in [0.3, 0.4) is 0 Å². The van der Waals surface area contributed by atoms with Crippen LogP contribution >= 0.6 is 0 Å². The van der Waals surface area contributed by atoms with Crippen molar-refractivity contribution in [2.45, 2.75) is 65.3 Å². The van der Waals surface area contributed by atoms with Gasteiger partial charge in [0.2, 0.25) is 0 Å². The van der Waals surface area contributed by atoms with Gasteiger partial charge in [-0.1, -0.05) is 39.2 Å². The second-order valence-corrected chi connectivity index (χ2v) is 5.70. The Morgan fingerprint density at radius 3 is 2.61 bits per heavy atom. The molecule has 0 aromatic heterocycles. The Labute approximate surface area is 112 Å². The molecule has 1 aliphatic rings. The first-order chi connectivity index (χ1) is 8.74. The lowest BCUT2D eigenvalue weighted by molar-refractivity contribution is 0.317. The van der Waals surface area contributed by atoms with E-state index in [0.717, 1.165) is 12.3 Å². The Balaban J connectivity index is 2.05. The molecule has 1 saturated carbocycles.